The Bertz CT molecular complexity index is 883. The number of nitrogens with zero attached hydrogens (tertiary/aromatic N) is 2. The minimum Gasteiger partial charge on any atom is -0.296 e. The van der Waals surface area contributed by atoms with Crippen molar-refractivity contribution in [3.05, 3.63) is 60.6 Å². The second-order valence-corrected chi connectivity index (χ2v) is 5.99. The van der Waals surface area contributed by atoms with Gasteiger partial charge in [0.15, 0.2) is 6.29 Å². The van der Waals surface area contributed by atoms with E-state index in [2.05, 4.69) is 4.98 Å². The molecule has 0 saturated heterocycles. The van der Waals surface area contributed by atoms with Crippen LogP contribution in [0.1, 0.15) is 10.5 Å². The second-order valence-electron chi connectivity index (χ2n) is 4.20. The van der Waals surface area contributed by atoms with E-state index in [0.717, 1.165) is 3.97 Å². The van der Waals surface area contributed by atoms with Gasteiger partial charge in [-0.05, 0) is 24.3 Å². The lowest BCUT2D eigenvalue weighted by Gasteiger charge is -2.08. The summed E-state index contributed by atoms with van der Waals surface area (Å²) in [6.45, 7) is 0. The van der Waals surface area contributed by atoms with Gasteiger partial charge in [-0.3, -0.25) is 9.78 Å². The van der Waals surface area contributed by atoms with Gasteiger partial charge in [-0.25, -0.2) is 12.4 Å². The Balaban J connectivity index is 2.37. The highest BCUT2D eigenvalue weighted by Gasteiger charge is 2.22. The zero-order valence-corrected chi connectivity index (χ0v) is 11.1. The molecule has 3 rings (SSSR count). The zero-order valence-electron chi connectivity index (χ0n) is 10.3. The summed E-state index contributed by atoms with van der Waals surface area (Å²) in [5.41, 5.74) is 0.468. The average Bonchev–Trinajstić information content (AvgIpc) is 2.87. The van der Waals surface area contributed by atoms with Crippen LogP contribution in [-0.2, 0) is 10.0 Å². The van der Waals surface area contributed by atoms with E-state index < -0.39 is 10.0 Å². The van der Waals surface area contributed by atoms with Gasteiger partial charge in [0, 0.05) is 11.6 Å². The van der Waals surface area contributed by atoms with Gasteiger partial charge in [0.25, 0.3) is 10.0 Å². The van der Waals surface area contributed by atoms with Gasteiger partial charge in [0.1, 0.15) is 0 Å². The van der Waals surface area contributed by atoms with Crippen LogP contribution < -0.4 is 0 Å². The highest BCUT2D eigenvalue weighted by Crippen LogP contribution is 2.24. The van der Waals surface area contributed by atoms with E-state index >= 15 is 0 Å². The van der Waals surface area contributed by atoms with E-state index in [1.54, 1.807) is 30.5 Å². The number of rotatable bonds is 3. The summed E-state index contributed by atoms with van der Waals surface area (Å²) < 4.78 is 26.4. The summed E-state index contributed by atoms with van der Waals surface area (Å²) in [5.74, 6) is 0. The van der Waals surface area contributed by atoms with Gasteiger partial charge in [-0.15, -0.1) is 0 Å². The van der Waals surface area contributed by atoms with E-state index in [1.807, 2.05) is 0 Å². The first-order valence-corrected chi connectivity index (χ1v) is 7.30. The van der Waals surface area contributed by atoms with Gasteiger partial charge in [0.05, 0.1) is 22.3 Å². The molecule has 0 spiro atoms. The summed E-state index contributed by atoms with van der Waals surface area (Å²) in [4.78, 5) is 15.2. The molecule has 0 aliphatic carbocycles. The molecular formula is C14H10N2O3S. The van der Waals surface area contributed by atoms with E-state index in [-0.39, 0.29) is 10.6 Å². The van der Waals surface area contributed by atoms with Gasteiger partial charge in [-0.2, -0.15) is 0 Å². The van der Waals surface area contributed by atoms with Crippen molar-refractivity contribution in [1.29, 1.82) is 0 Å². The number of benzene rings is 1. The topological polar surface area (TPSA) is 69.0 Å². The number of carbonyl (C=O) groups is 1. The maximum absolute atomic E-state index is 12.7. The molecule has 0 unspecified atom stereocenters. The van der Waals surface area contributed by atoms with Crippen molar-refractivity contribution in [3.63, 3.8) is 0 Å². The molecule has 6 heteroatoms. The van der Waals surface area contributed by atoms with Crippen molar-refractivity contribution in [2.45, 2.75) is 4.90 Å². The molecule has 0 amide bonds. The molecule has 0 fully saturated rings. The Morgan fingerprint density at radius 2 is 1.85 bits per heavy atom. The third-order valence-corrected chi connectivity index (χ3v) is 4.75. The first-order valence-electron chi connectivity index (χ1n) is 5.86. The third-order valence-electron chi connectivity index (χ3n) is 2.99. The quantitative estimate of drug-likeness (QED) is 0.691. The molecule has 0 atom stereocenters. The van der Waals surface area contributed by atoms with Gasteiger partial charge in [0.2, 0.25) is 0 Å². The molecule has 0 N–H and O–H groups in total. The second kappa shape index (κ2) is 4.57. The van der Waals surface area contributed by atoms with Crippen LogP contribution in [0, 0.1) is 0 Å². The molecule has 0 bridgehead atoms. The van der Waals surface area contributed by atoms with Gasteiger partial charge >= 0.3 is 0 Å². The van der Waals surface area contributed by atoms with E-state index in [9.17, 15) is 13.2 Å². The number of hydrogen-bond donors (Lipinski definition) is 0. The lowest BCUT2D eigenvalue weighted by Crippen LogP contribution is -2.15. The predicted molar refractivity (Wildman–Crippen MR) is 74.1 cm³/mol. The Morgan fingerprint density at radius 1 is 1.10 bits per heavy atom. The molecule has 0 radical (unpaired) electrons. The van der Waals surface area contributed by atoms with Crippen LogP contribution in [0.2, 0.25) is 0 Å². The normalized spacial score (nSPS) is 11.6. The Morgan fingerprint density at radius 3 is 2.55 bits per heavy atom. The number of aldehydes is 1. The molecule has 3 aromatic rings. The number of hydrogen-bond acceptors (Lipinski definition) is 4. The molecule has 2 aromatic heterocycles. The fourth-order valence-electron chi connectivity index (χ4n) is 2.09. The molecule has 100 valence electrons. The van der Waals surface area contributed by atoms with E-state index in [1.165, 1.54) is 24.4 Å². The summed E-state index contributed by atoms with van der Waals surface area (Å²) in [6, 6.07) is 11.2. The predicted octanol–water partition coefficient (Wildman–Crippen LogP) is 2.09. The zero-order chi connectivity index (χ0) is 14.2. The summed E-state index contributed by atoms with van der Waals surface area (Å²) >= 11 is 0. The van der Waals surface area contributed by atoms with Gasteiger partial charge < -0.3 is 0 Å². The van der Waals surface area contributed by atoms with Crippen molar-refractivity contribution in [3.8, 4) is 0 Å². The fourth-order valence-corrected chi connectivity index (χ4v) is 3.59. The lowest BCUT2D eigenvalue weighted by molar-refractivity contribution is 0.111. The van der Waals surface area contributed by atoms with Crippen LogP contribution in [0.15, 0.2) is 59.8 Å². The molecular weight excluding hydrogens is 276 g/mol. The van der Waals surface area contributed by atoms with Crippen LogP contribution in [0.4, 0.5) is 0 Å². The van der Waals surface area contributed by atoms with Crippen LogP contribution in [0.5, 0.6) is 0 Å². The van der Waals surface area contributed by atoms with Crippen molar-refractivity contribution < 1.29 is 13.2 Å². The van der Waals surface area contributed by atoms with Crippen molar-refractivity contribution in [2.75, 3.05) is 0 Å². The monoisotopic (exact) mass is 286 g/mol. The van der Waals surface area contributed by atoms with E-state index in [0.29, 0.717) is 17.2 Å². The first-order chi connectivity index (χ1) is 9.64. The molecule has 1 aromatic carbocycles. The summed E-state index contributed by atoms with van der Waals surface area (Å²) in [6.07, 6.45) is 3.51. The molecule has 0 aliphatic rings. The number of fused-ring (bicyclic) bond motifs is 1. The summed E-state index contributed by atoms with van der Waals surface area (Å²) in [7, 11) is -3.82. The standard InChI is InChI=1S/C14H10N2O3S/c17-10-12-8-11-6-7-15-9-14(11)16(12)20(18,19)13-4-2-1-3-5-13/h1-10H. The van der Waals surface area contributed by atoms with Gasteiger partial charge in [-0.1, -0.05) is 18.2 Å². The third kappa shape index (κ3) is 1.81. The Kier molecular flexibility index (Phi) is 2.87. The maximum atomic E-state index is 12.7. The first kappa shape index (κ1) is 12.6. The minimum absolute atomic E-state index is 0.0804. The number of aromatic nitrogens is 2. The maximum Gasteiger partial charge on any atom is 0.268 e. The van der Waals surface area contributed by atoms with E-state index in [4.69, 9.17) is 0 Å². The molecule has 0 saturated carbocycles. The molecule has 2 heterocycles. The smallest absolute Gasteiger partial charge is 0.268 e. The van der Waals surface area contributed by atoms with Crippen LogP contribution in [0.3, 0.4) is 0 Å². The van der Waals surface area contributed by atoms with Crippen LogP contribution in [0.25, 0.3) is 10.9 Å². The average molecular weight is 286 g/mol. The lowest BCUT2D eigenvalue weighted by atomic mass is 10.3. The fraction of sp³-hybridized carbons (Fsp3) is 0. The van der Waals surface area contributed by atoms with Crippen LogP contribution >= 0.6 is 0 Å². The minimum atomic E-state index is -3.82. The van der Waals surface area contributed by atoms with Crippen molar-refractivity contribution >= 4 is 27.2 Å². The van der Waals surface area contributed by atoms with Crippen molar-refractivity contribution in [2.24, 2.45) is 0 Å². The van der Waals surface area contributed by atoms with Crippen LogP contribution in [-0.4, -0.2) is 23.7 Å². The highest BCUT2D eigenvalue weighted by atomic mass is 32.2. The summed E-state index contributed by atoms with van der Waals surface area (Å²) in [5, 5.41) is 0.654. The molecule has 0 aliphatic heterocycles. The SMILES string of the molecule is O=Cc1cc2ccncc2n1S(=O)(=O)c1ccccc1. The largest absolute Gasteiger partial charge is 0.296 e. The molecule has 20 heavy (non-hydrogen) atoms. The Labute approximate surface area is 115 Å². The molecule has 5 nitrogen and oxygen atoms in total. The Hall–Kier alpha value is -2.47. The number of pyridine rings is 1. The highest BCUT2D eigenvalue weighted by molar-refractivity contribution is 7.90. The number of carbonyl (C=O) groups excluding carboxylic acids is 1. The van der Waals surface area contributed by atoms with Crippen molar-refractivity contribution in [1.82, 2.24) is 8.96 Å².